The molecule has 1 aromatic rings. The van der Waals surface area contributed by atoms with Gasteiger partial charge >= 0.3 is 0 Å². The Kier molecular flexibility index (Phi) is 2.70. The molecule has 0 aliphatic carbocycles. The van der Waals surface area contributed by atoms with Crippen molar-refractivity contribution in [1.82, 2.24) is 4.98 Å². The predicted molar refractivity (Wildman–Crippen MR) is 53.4 cm³/mol. The maximum absolute atomic E-state index is 4.35. The molecule has 1 rings (SSSR count). The molecule has 62 valence electrons. The Bertz CT molecular complexity index is 236. The molecular weight excluding hydrogens is 222 g/mol. The lowest BCUT2D eigenvalue weighted by molar-refractivity contribution is 0.569. The summed E-state index contributed by atoms with van der Waals surface area (Å²) < 4.78 is 0. The highest BCUT2D eigenvalue weighted by atomic mass is 79.9. The molecule has 0 radical (unpaired) electrons. The molecule has 0 saturated heterocycles. The van der Waals surface area contributed by atoms with Gasteiger partial charge in [0, 0.05) is 15.6 Å². The quantitative estimate of drug-likeness (QED) is 0.679. The van der Waals surface area contributed by atoms with E-state index < -0.39 is 0 Å². The Morgan fingerprint density at radius 3 is 2.55 bits per heavy atom. The SMILES string of the molecule is CC(C)(C)c1ncsc1CBr. The van der Waals surface area contributed by atoms with Gasteiger partial charge < -0.3 is 0 Å². The predicted octanol–water partition coefficient (Wildman–Crippen LogP) is 3.34. The molecule has 0 atom stereocenters. The molecule has 1 aromatic heterocycles. The zero-order valence-electron chi connectivity index (χ0n) is 7.02. The highest BCUT2D eigenvalue weighted by Gasteiger charge is 2.19. The van der Waals surface area contributed by atoms with Crippen LogP contribution in [0, 0.1) is 0 Å². The number of hydrogen-bond donors (Lipinski definition) is 0. The third kappa shape index (κ3) is 2.03. The first kappa shape index (κ1) is 9.20. The zero-order valence-corrected chi connectivity index (χ0v) is 9.42. The molecule has 3 heteroatoms. The number of hydrogen-bond acceptors (Lipinski definition) is 2. The fourth-order valence-corrected chi connectivity index (χ4v) is 2.46. The number of rotatable bonds is 1. The van der Waals surface area contributed by atoms with Gasteiger partial charge in [-0.2, -0.15) is 0 Å². The summed E-state index contributed by atoms with van der Waals surface area (Å²) in [5.74, 6) is 0. The van der Waals surface area contributed by atoms with Crippen LogP contribution >= 0.6 is 27.3 Å². The molecule has 0 aliphatic heterocycles. The van der Waals surface area contributed by atoms with Crippen molar-refractivity contribution < 1.29 is 0 Å². The van der Waals surface area contributed by atoms with Crippen LogP contribution in [0.3, 0.4) is 0 Å². The molecule has 0 spiro atoms. The molecule has 0 N–H and O–H groups in total. The zero-order chi connectivity index (χ0) is 8.48. The summed E-state index contributed by atoms with van der Waals surface area (Å²) in [5, 5.41) is 0.921. The summed E-state index contributed by atoms with van der Waals surface area (Å²) in [6.45, 7) is 6.57. The maximum atomic E-state index is 4.35. The molecule has 0 aliphatic rings. The summed E-state index contributed by atoms with van der Waals surface area (Å²) in [5.41, 5.74) is 3.32. The highest BCUT2D eigenvalue weighted by Crippen LogP contribution is 2.28. The van der Waals surface area contributed by atoms with Gasteiger partial charge in [-0.3, -0.25) is 0 Å². The van der Waals surface area contributed by atoms with Crippen molar-refractivity contribution in [3.8, 4) is 0 Å². The second kappa shape index (κ2) is 3.23. The first-order valence-electron chi connectivity index (χ1n) is 3.54. The van der Waals surface area contributed by atoms with Crippen LogP contribution < -0.4 is 0 Å². The second-order valence-corrected chi connectivity index (χ2v) is 5.01. The van der Waals surface area contributed by atoms with Gasteiger partial charge in [0.15, 0.2) is 0 Å². The Balaban J connectivity index is 3.02. The molecule has 0 amide bonds. The normalized spacial score (nSPS) is 12.0. The van der Waals surface area contributed by atoms with E-state index in [1.165, 1.54) is 10.6 Å². The van der Waals surface area contributed by atoms with E-state index >= 15 is 0 Å². The average molecular weight is 234 g/mol. The number of halogens is 1. The molecule has 0 saturated carbocycles. The van der Waals surface area contributed by atoms with Gasteiger partial charge in [-0.25, -0.2) is 4.98 Å². The molecular formula is C8H12BrNS. The number of alkyl halides is 1. The van der Waals surface area contributed by atoms with Crippen LogP contribution in [-0.4, -0.2) is 4.98 Å². The smallest absolute Gasteiger partial charge is 0.0798 e. The first-order chi connectivity index (χ1) is 5.05. The van der Waals surface area contributed by atoms with Crippen LogP contribution in [-0.2, 0) is 10.7 Å². The second-order valence-electron chi connectivity index (χ2n) is 3.51. The summed E-state index contributed by atoms with van der Waals surface area (Å²) >= 11 is 5.17. The molecule has 0 bridgehead atoms. The lowest BCUT2D eigenvalue weighted by Gasteiger charge is -2.16. The Morgan fingerprint density at radius 2 is 2.18 bits per heavy atom. The standard InChI is InChI=1S/C8H12BrNS/c1-8(2,3)7-6(4-9)11-5-10-7/h5H,4H2,1-3H3. The largest absolute Gasteiger partial charge is 0.249 e. The minimum absolute atomic E-state index is 0.184. The van der Waals surface area contributed by atoms with Crippen LogP contribution in [0.25, 0.3) is 0 Å². The van der Waals surface area contributed by atoms with E-state index in [1.54, 1.807) is 11.3 Å². The fraction of sp³-hybridized carbons (Fsp3) is 0.625. The molecule has 0 fully saturated rings. The third-order valence-corrected chi connectivity index (χ3v) is 3.24. The van der Waals surface area contributed by atoms with E-state index in [0.29, 0.717) is 0 Å². The number of nitrogens with zero attached hydrogens (tertiary/aromatic N) is 1. The third-order valence-electron chi connectivity index (χ3n) is 1.47. The van der Waals surface area contributed by atoms with E-state index in [-0.39, 0.29) is 5.41 Å². The highest BCUT2D eigenvalue weighted by molar-refractivity contribution is 9.08. The minimum atomic E-state index is 0.184. The van der Waals surface area contributed by atoms with Gasteiger partial charge in [-0.05, 0) is 0 Å². The molecule has 1 nitrogen and oxygen atoms in total. The van der Waals surface area contributed by atoms with E-state index in [4.69, 9.17) is 0 Å². The van der Waals surface area contributed by atoms with Crippen molar-refractivity contribution in [3.05, 3.63) is 16.1 Å². The average Bonchev–Trinajstić information content (AvgIpc) is 2.31. The van der Waals surface area contributed by atoms with Crippen molar-refractivity contribution in [1.29, 1.82) is 0 Å². The van der Waals surface area contributed by atoms with Gasteiger partial charge in [0.1, 0.15) is 0 Å². The maximum Gasteiger partial charge on any atom is 0.0798 e. The summed E-state index contributed by atoms with van der Waals surface area (Å²) in [7, 11) is 0. The lowest BCUT2D eigenvalue weighted by Crippen LogP contribution is -2.13. The van der Waals surface area contributed by atoms with Gasteiger partial charge in [0.05, 0.1) is 11.2 Å². The topological polar surface area (TPSA) is 12.9 Å². The monoisotopic (exact) mass is 233 g/mol. The molecule has 1 heterocycles. The van der Waals surface area contributed by atoms with Crippen LogP contribution in [0.4, 0.5) is 0 Å². The van der Waals surface area contributed by atoms with E-state index in [1.807, 2.05) is 5.51 Å². The first-order valence-corrected chi connectivity index (χ1v) is 5.54. The fourth-order valence-electron chi connectivity index (χ4n) is 0.977. The van der Waals surface area contributed by atoms with Gasteiger partial charge in [-0.15, -0.1) is 11.3 Å². The van der Waals surface area contributed by atoms with E-state index in [9.17, 15) is 0 Å². The molecule has 0 aromatic carbocycles. The summed E-state index contributed by atoms with van der Waals surface area (Å²) in [6.07, 6.45) is 0. The number of thiazole rings is 1. The number of aromatic nitrogens is 1. The van der Waals surface area contributed by atoms with Gasteiger partial charge in [0.25, 0.3) is 0 Å². The summed E-state index contributed by atoms with van der Waals surface area (Å²) in [4.78, 5) is 5.69. The summed E-state index contributed by atoms with van der Waals surface area (Å²) in [6, 6.07) is 0. The Hall–Kier alpha value is 0.110. The van der Waals surface area contributed by atoms with Crippen molar-refractivity contribution >= 4 is 27.3 Å². The minimum Gasteiger partial charge on any atom is -0.249 e. The Morgan fingerprint density at radius 1 is 1.55 bits per heavy atom. The van der Waals surface area contributed by atoms with Gasteiger partial charge in [-0.1, -0.05) is 36.7 Å². The van der Waals surface area contributed by atoms with Crippen molar-refractivity contribution in [2.75, 3.05) is 0 Å². The van der Waals surface area contributed by atoms with Crippen LogP contribution in [0.5, 0.6) is 0 Å². The van der Waals surface area contributed by atoms with Crippen molar-refractivity contribution in [3.63, 3.8) is 0 Å². The van der Waals surface area contributed by atoms with Crippen LogP contribution in [0.2, 0.25) is 0 Å². The van der Waals surface area contributed by atoms with E-state index in [2.05, 4.69) is 41.7 Å². The van der Waals surface area contributed by atoms with Crippen LogP contribution in [0.15, 0.2) is 5.51 Å². The Labute approximate surface area is 80.0 Å². The lowest BCUT2D eigenvalue weighted by atomic mass is 9.92. The van der Waals surface area contributed by atoms with Gasteiger partial charge in [0.2, 0.25) is 0 Å². The van der Waals surface area contributed by atoms with Crippen molar-refractivity contribution in [2.45, 2.75) is 31.5 Å². The van der Waals surface area contributed by atoms with Crippen molar-refractivity contribution in [2.24, 2.45) is 0 Å². The van der Waals surface area contributed by atoms with E-state index in [0.717, 1.165) is 5.33 Å². The van der Waals surface area contributed by atoms with Crippen LogP contribution in [0.1, 0.15) is 31.3 Å². The molecule has 11 heavy (non-hydrogen) atoms. The molecule has 0 unspecified atom stereocenters.